The van der Waals surface area contributed by atoms with Gasteiger partial charge < -0.3 is 9.47 Å². The molecule has 0 amide bonds. The molecule has 18 heavy (non-hydrogen) atoms. The van der Waals surface area contributed by atoms with Crippen LogP contribution in [0.4, 0.5) is 0 Å². The highest BCUT2D eigenvalue weighted by Crippen LogP contribution is 2.33. The Labute approximate surface area is 108 Å². The van der Waals surface area contributed by atoms with Crippen LogP contribution in [0, 0.1) is 0 Å². The molecule has 1 heterocycles. The Hall–Kier alpha value is -1.77. The van der Waals surface area contributed by atoms with E-state index in [0.717, 1.165) is 28.0 Å². The maximum absolute atomic E-state index is 5.32. The molecule has 0 atom stereocenters. The number of rotatable bonds is 2. The molecular formula is C15H19NO2. The molecule has 0 aliphatic carbocycles. The van der Waals surface area contributed by atoms with Gasteiger partial charge in [-0.3, -0.25) is 4.98 Å². The van der Waals surface area contributed by atoms with E-state index in [4.69, 9.17) is 9.47 Å². The third-order valence-electron chi connectivity index (χ3n) is 2.99. The Morgan fingerprint density at radius 2 is 1.44 bits per heavy atom. The second kappa shape index (κ2) is 4.48. The lowest BCUT2D eigenvalue weighted by Gasteiger charge is -2.18. The predicted molar refractivity (Wildman–Crippen MR) is 73.5 cm³/mol. The van der Waals surface area contributed by atoms with E-state index >= 15 is 0 Å². The Morgan fingerprint density at radius 1 is 0.889 bits per heavy atom. The zero-order valence-corrected chi connectivity index (χ0v) is 11.6. The van der Waals surface area contributed by atoms with Crippen molar-refractivity contribution in [3.05, 3.63) is 30.1 Å². The monoisotopic (exact) mass is 245 g/mol. The summed E-state index contributed by atoms with van der Waals surface area (Å²) in [6, 6.07) is 6.05. The van der Waals surface area contributed by atoms with Gasteiger partial charge in [-0.1, -0.05) is 20.8 Å². The molecule has 0 radical (unpaired) electrons. The van der Waals surface area contributed by atoms with Crippen LogP contribution in [0.2, 0.25) is 0 Å². The quantitative estimate of drug-likeness (QED) is 0.810. The standard InChI is InChI=1S/C15H19NO2/c1-15(2,3)14-8-10-6-12(17-4)13(18-5)7-11(10)9-16-14/h6-9H,1-5H3. The molecule has 0 aliphatic rings. The van der Waals surface area contributed by atoms with Crippen LogP contribution in [0.15, 0.2) is 24.4 Å². The number of aromatic nitrogens is 1. The fourth-order valence-corrected chi connectivity index (χ4v) is 1.88. The van der Waals surface area contributed by atoms with Crippen LogP contribution >= 0.6 is 0 Å². The zero-order chi connectivity index (χ0) is 13.3. The minimum Gasteiger partial charge on any atom is -0.493 e. The highest BCUT2D eigenvalue weighted by atomic mass is 16.5. The number of hydrogen-bond acceptors (Lipinski definition) is 3. The van der Waals surface area contributed by atoms with Gasteiger partial charge in [0, 0.05) is 22.7 Å². The summed E-state index contributed by atoms with van der Waals surface area (Å²) in [5.74, 6) is 1.48. The largest absolute Gasteiger partial charge is 0.493 e. The summed E-state index contributed by atoms with van der Waals surface area (Å²) >= 11 is 0. The van der Waals surface area contributed by atoms with Crippen molar-refractivity contribution >= 4 is 10.8 Å². The van der Waals surface area contributed by atoms with E-state index in [1.54, 1.807) is 14.2 Å². The van der Waals surface area contributed by atoms with Crippen LogP contribution in [0.1, 0.15) is 26.5 Å². The Morgan fingerprint density at radius 3 is 1.94 bits per heavy atom. The van der Waals surface area contributed by atoms with Crippen molar-refractivity contribution in [2.75, 3.05) is 14.2 Å². The molecular weight excluding hydrogens is 226 g/mol. The molecule has 0 spiro atoms. The van der Waals surface area contributed by atoms with Gasteiger partial charge in [0.1, 0.15) is 0 Å². The van der Waals surface area contributed by atoms with E-state index < -0.39 is 0 Å². The first-order chi connectivity index (χ1) is 8.45. The van der Waals surface area contributed by atoms with Gasteiger partial charge in [-0.2, -0.15) is 0 Å². The van der Waals surface area contributed by atoms with Gasteiger partial charge in [0.25, 0.3) is 0 Å². The van der Waals surface area contributed by atoms with E-state index in [-0.39, 0.29) is 5.41 Å². The van der Waals surface area contributed by atoms with Crippen molar-refractivity contribution in [2.45, 2.75) is 26.2 Å². The molecule has 1 aromatic heterocycles. The first kappa shape index (κ1) is 12.7. The second-order valence-electron chi connectivity index (χ2n) is 5.37. The smallest absolute Gasteiger partial charge is 0.161 e. The minimum absolute atomic E-state index is 0.0430. The summed E-state index contributed by atoms with van der Waals surface area (Å²) in [4.78, 5) is 4.51. The van der Waals surface area contributed by atoms with Gasteiger partial charge in [0.05, 0.1) is 14.2 Å². The molecule has 1 aromatic carbocycles. The molecule has 0 fully saturated rings. The number of pyridine rings is 1. The molecule has 0 saturated heterocycles. The lowest BCUT2D eigenvalue weighted by atomic mass is 9.90. The van der Waals surface area contributed by atoms with Crippen molar-refractivity contribution in [1.29, 1.82) is 0 Å². The summed E-state index contributed by atoms with van der Waals surface area (Å²) in [5.41, 5.74) is 1.11. The first-order valence-electron chi connectivity index (χ1n) is 5.98. The second-order valence-corrected chi connectivity index (χ2v) is 5.37. The molecule has 96 valence electrons. The molecule has 2 rings (SSSR count). The Bertz CT molecular complexity index is 570. The summed E-state index contributed by atoms with van der Waals surface area (Å²) in [7, 11) is 3.29. The van der Waals surface area contributed by atoms with Crippen LogP contribution in [-0.2, 0) is 5.41 Å². The SMILES string of the molecule is COc1cc2cnc(C(C)(C)C)cc2cc1OC. The van der Waals surface area contributed by atoms with Gasteiger partial charge in [0.15, 0.2) is 11.5 Å². The minimum atomic E-state index is 0.0430. The van der Waals surface area contributed by atoms with Crippen LogP contribution in [0.3, 0.4) is 0 Å². The van der Waals surface area contributed by atoms with Crippen LogP contribution in [0.5, 0.6) is 11.5 Å². The maximum atomic E-state index is 5.32. The fraction of sp³-hybridized carbons (Fsp3) is 0.400. The highest BCUT2D eigenvalue weighted by molar-refractivity contribution is 5.85. The molecule has 3 nitrogen and oxygen atoms in total. The van der Waals surface area contributed by atoms with Gasteiger partial charge >= 0.3 is 0 Å². The average molecular weight is 245 g/mol. The van der Waals surface area contributed by atoms with Crippen molar-refractivity contribution < 1.29 is 9.47 Å². The van der Waals surface area contributed by atoms with Gasteiger partial charge in [-0.15, -0.1) is 0 Å². The summed E-state index contributed by atoms with van der Waals surface area (Å²) in [5, 5.41) is 2.17. The normalized spacial score (nSPS) is 11.6. The third-order valence-corrected chi connectivity index (χ3v) is 2.99. The first-order valence-corrected chi connectivity index (χ1v) is 5.98. The Kier molecular flexibility index (Phi) is 3.16. The summed E-state index contributed by atoms with van der Waals surface area (Å²) < 4.78 is 10.6. The molecule has 0 unspecified atom stereocenters. The van der Waals surface area contributed by atoms with Crippen LogP contribution in [0.25, 0.3) is 10.8 Å². The number of nitrogens with zero attached hydrogens (tertiary/aromatic N) is 1. The molecule has 0 N–H and O–H groups in total. The molecule has 3 heteroatoms. The Balaban J connectivity index is 2.63. The summed E-state index contributed by atoms with van der Waals surface area (Å²) in [6.07, 6.45) is 1.89. The van der Waals surface area contributed by atoms with Gasteiger partial charge in [-0.05, 0) is 23.6 Å². The van der Waals surface area contributed by atoms with Gasteiger partial charge in [-0.25, -0.2) is 0 Å². The predicted octanol–water partition coefficient (Wildman–Crippen LogP) is 3.55. The lowest BCUT2D eigenvalue weighted by Crippen LogP contribution is -2.13. The number of fused-ring (bicyclic) bond motifs is 1. The third kappa shape index (κ3) is 2.26. The number of hydrogen-bond donors (Lipinski definition) is 0. The highest BCUT2D eigenvalue weighted by Gasteiger charge is 2.16. The molecule has 0 bridgehead atoms. The van der Waals surface area contributed by atoms with E-state index in [1.165, 1.54) is 0 Å². The zero-order valence-electron chi connectivity index (χ0n) is 11.6. The van der Waals surface area contributed by atoms with Crippen LogP contribution < -0.4 is 9.47 Å². The van der Waals surface area contributed by atoms with Crippen molar-refractivity contribution in [2.24, 2.45) is 0 Å². The maximum Gasteiger partial charge on any atom is 0.161 e. The number of methoxy groups -OCH3 is 2. The lowest BCUT2D eigenvalue weighted by molar-refractivity contribution is 0.356. The van der Waals surface area contributed by atoms with E-state index in [9.17, 15) is 0 Å². The van der Waals surface area contributed by atoms with E-state index in [2.05, 4.69) is 31.8 Å². The van der Waals surface area contributed by atoms with Crippen molar-refractivity contribution in [3.63, 3.8) is 0 Å². The topological polar surface area (TPSA) is 31.4 Å². The average Bonchev–Trinajstić information content (AvgIpc) is 2.35. The van der Waals surface area contributed by atoms with Crippen LogP contribution in [-0.4, -0.2) is 19.2 Å². The summed E-state index contributed by atoms with van der Waals surface area (Å²) in [6.45, 7) is 6.46. The number of benzene rings is 1. The van der Waals surface area contributed by atoms with Gasteiger partial charge in [0.2, 0.25) is 0 Å². The van der Waals surface area contributed by atoms with E-state index in [0.29, 0.717) is 0 Å². The van der Waals surface area contributed by atoms with Crippen molar-refractivity contribution in [3.8, 4) is 11.5 Å². The molecule has 0 saturated carbocycles. The fourth-order valence-electron chi connectivity index (χ4n) is 1.88. The molecule has 0 aliphatic heterocycles. The number of ether oxygens (including phenoxy) is 2. The molecule has 2 aromatic rings. The van der Waals surface area contributed by atoms with Crippen molar-refractivity contribution in [1.82, 2.24) is 4.98 Å². The van der Waals surface area contributed by atoms with E-state index in [1.807, 2.05) is 18.3 Å².